The maximum atomic E-state index is 12.7. The third kappa shape index (κ3) is 7.53. The van der Waals surface area contributed by atoms with Gasteiger partial charge in [0.15, 0.2) is 0 Å². The van der Waals surface area contributed by atoms with E-state index in [1.807, 2.05) is 13.0 Å². The van der Waals surface area contributed by atoms with Crippen LogP contribution in [0.5, 0.6) is 0 Å². The van der Waals surface area contributed by atoms with Gasteiger partial charge in [0.2, 0.25) is 0 Å². The molecule has 6 aromatic rings. The standard InChI is InChI=1S/C37H39N3O4S5/c1-9-43-30(41)18-20-17-26(47-33(20)24-13-15-28(45-24)36(3,4)5)21-11-12-22(32-31(21)39-49-40-32)27-19-23(38-35(42)44-10-2)34(48-27)25-14-16-29(46-25)37(6,7)8/h11-17,19H,9-10,18H2,1-8H3,(H,38,42). The van der Waals surface area contributed by atoms with Crippen molar-refractivity contribution < 1.29 is 19.1 Å². The second kappa shape index (κ2) is 14.1. The number of hydrogen-bond acceptors (Lipinski definition) is 11. The minimum atomic E-state index is -0.482. The van der Waals surface area contributed by atoms with Crippen molar-refractivity contribution in [3.63, 3.8) is 0 Å². The van der Waals surface area contributed by atoms with E-state index >= 15 is 0 Å². The van der Waals surface area contributed by atoms with Gasteiger partial charge in [-0.1, -0.05) is 53.7 Å². The summed E-state index contributed by atoms with van der Waals surface area (Å²) in [5.41, 5.74) is 5.22. The molecule has 1 N–H and O–H groups in total. The number of benzene rings is 1. The van der Waals surface area contributed by atoms with Crippen molar-refractivity contribution in [1.82, 2.24) is 8.75 Å². The van der Waals surface area contributed by atoms with Gasteiger partial charge in [0, 0.05) is 45.3 Å². The number of fused-ring (bicyclic) bond motifs is 1. The van der Waals surface area contributed by atoms with Crippen LogP contribution >= 0.6 is 57.1 Å². The molecule has 12 heteroatoms. The van der Waals surface area contributed by atoms with Crippen molar-refractivity contribution in [1.29, 1.82) is 0 Å². The van der Waals surface area contributed by atoms with Crippen LogP contribution in [0.15, 0.2) is 48.5 Å². The summed E-state index contributed by atoms with van der Waals surface area (Å²) in [5.74, 6) is -0.238. The Balaban J connectivity index is 1.43. The van der Waals surface area contributed by atoms with E-state index < -0.39 is 6.09 Å². The van der Waals surface area contributed by atoms with Gasteiger partial charge in [-0.05, 0) is 66.6 Å². The number of nitrogens with zero attached hydrogens (tertiary/aromatic N) is 2. The van der Waals surface area contributed by atoms with Crippen LogP contribution in [0, 0.1) is 0 Å². The largest absolute Gasteiger partial charge is 0.466 e. The van der Waals surface area contributed by atoms with Crippen molar-refractivity contribution in [3.8, 4) is 40.4 Å². The van der Waals surface area contributed by atoms with E-state index in [-0.39, 0.29) is 29.8 Å². The summed E-state index contributed by atoms with van der Waals surface area (Å²) in [6.45, 7) is 17.5. The van der Waals surface area contributed by atoms with Gasteiger partial charge in [0.05, 0.1) is 41.9 Å². The van der Waals surface area contributed by atoms with Gasteiger partial charge >= 0.3 is 12.1 Å². The molecule has 0 radical (unpaired) electrons. The summed E-state index contributed by atoms with van der Waals surface area (Å²) in [7, 11) is 0. The molecule has 6 rings (SSSR count). The van der Waals surface area contributed by atoms with Crippen LogP contribution in [-0.2, 0) is 31.5 Å². The quantitative estimate of drug-likeness (QED) is 0.148. The van der Waals surface area contributed by atoms with E-state index in [1.165, 1.54) is 21.5 Å². The highest BCUT2D eigenvalue weighted by molar-refractivity contribution is 7.25. The van der Waals surface area contributed by atoms with Gasteiger partial charge < -0.3 is 9.47 Å². The average molecular weight is 750 g/mol. The molecular weight excluding hydrogens is 711 g/mol. The zero-order chi connectivity index (χ0) is 35.1. The van der Waals surface area contributed by atoms with E-state index in [0.717, 1.165) is 57.0 Å². The summed E-state index contributed by atoms with van der Waals surface area (Å²) in [6, 6.07) is 16.9. The second-order valence-electron chi connectivity index (χ2n) is 13.6. The molecule has 0 aliphatic rings. The number of anilines is 1. The first-order valence-corrected chi connectivity index (χ1v) is 20.1. The Labute approximate surface area is 307 Å². The minimum Gasteiger partial charge on any atom is -0.466 e. The molecule has 0 saturated carbocycles. The normalized spacial score (nSPS) is 12.1. The number of hydrogen-bond donors (Lipinski definition) is 1. The van der Waals surface area contributed by atoms with Gasteiger partial charge in [-0.15, -0.1) is 45.3 Å². The van der Waals surface area contributed by atoms with Gasteiger partial charge in [-0.25, -0.2) is 4.79 Å². The van der Waals surface area contributed by atoms with E-state index in [1.54, 1.807) is 52.3 Å². The number of carbonyl (C=O) groups is 2. The number of aromatic nitrogens is 2. The molecular formula is C37H39N3O4S5. The van der Waals surface area contributed by atoms with Crippen molar-refractivity contribution >= 4 is 85.9 Å². The fraction of sp³-hybridized carbons (Fsp3) is 0.351. The monoisotopic (exact) mass is 749 g/mol. The molecule has 1 aromatic carbocycles. The number of esters is 1. The predicted molar refractivity (Wildman–Crippen MR) is 209 cm³/mol. The highest BCUT2D eigenvalue weighted by Gasteiger charge is 2.25. The molecule has 0 spiro atoms. The lowest BCUT2D eigenvalue weighted by molar-refractivity contribution is -0.142. The second-order valence-corrected chi connectivity index (χ2v) is 18.4. The zero-order valence-electron chi connectivity index (χ0n) is 28.8. The highest BCUT2D eigenvalue weighted by atomic mass is 32.1. The Morgan fingerprint density at radius 2 is 1.20 bits per heavy atom. The molecule has 1 amide bonds. The van der Waals surface area contributed by atoms with E-state index in [2.05, 4.69) is 89.3 Å². The van der Waals surface area contributed by atoms with Gasteiger partial charge in [-0.2, -0.15) is 8.75 Å². The molecule has 5 aromatic heterocycles. The van der Waals surface area contributed by atoms with Crippen molar-refractivity contribution in [2.75, 3.05) is 18.5 Å². The number of thiophene rings is 4. The van der Waals surface area contributed by atoms with Crippen LogP contribution < -0.4 is 5.32 Å². The molecule has 0 saturated heterocycles. The molecule has 49 heavy (non-hydrogen) atoms. The average Bonchev–Trinajstić information content (AvgIpc) is 3.85. The Morgan fingerprint density at radius 3 is 1.73 bits per heavy atom. The van der Waals surface area contributed by atoms with Crippen LogP contribution in [0.4, 0.5) is 10.5 Å². The Kier molecular flexibility index (Phi) is 10.2. The maximum Gasteiger partial charge on any atom is 0.411 e. The number of carbonyl (C=O) groups excluding carboxylic acids is 2. The molecule has 0 unspecified atom stereocenters. The van der Waals surface area contributed by atoms with Crippen LogP contribution in [0.2, 0.25) is 0 Å². The fourth-order valence-electron chi connectivity index (χ4n) is 5.34. The van der Waals surface area contributed by atoms with E-state index in [4.69, 9.17) is 18.2 Å². The van der Waals surface area contributed by atoms with E-state index in [0.29, 0.717) is 12.3 Å². The summed E-state index contributed by atoms with van der Waals surface area (Å²) >= 11 is 7.97. The Morgan fingerprint density at radius 1 is 0.673 bits per heavy atom. The van der Waals surface area contributed by atoms with Gasteiger partial charge in [-0.3, -0.25) is 10.1 Å². The molecule has 0 aliphatic carbocycles. The third-order valence-electron chi connectivity index (χ3n) is 7.78. The first-order valence-electron chi connectivity index (χ1n) is 16.1. The smallest absolute Gasteiger partial charge is 0.411 e. The molecule has 0 fully saturated rings. The fourth-order valence-corrected chi connectivity index (χ4v) is 10.7. The Bertz CT molecular complexity index is 1990. The summed E-state index contributed by atoms with van der Waals surface area (Å²) < 4.78 is 20.1. The van der Waals surface area contributed by atoms with Gasteiger partial charge in [0.1, 0.15) is 11.0 Å². The Hall–Kier alpha value is -3.42. The minimum absolute atomic E-state index is 0.0161. The summed E-state index contributed by atoms with van der Waals surface area (Å²) in [6.07, 6.45) is -0.281. The van der Waals surface area contributed by atoms with Crippen molar-refractivity contribution in [2.45, 2.75) is 72.6 Å². The molecule has 5 heterocycles. The van der Waals surface area contributed by atoms with Crippen LogP contribution in [-0.4, -0.2) is 34.0 Å². The topological polar surface area (TPSA) is 90.4 Å². The lowest BCUT2D eigenvalue weighted by atomic mass is 9.95. The molecule has 7 nitrogen and oxygen atoms in total. The third-order valence-corrected chi connectivity index (χ3v) is 14.1. The first-order chi connectivity index (χ1) is 23.3. The van der Waals surface area contributed by atoms with Gasteiger partial charge in [0.25, 0.3) is 0 Å². The lowest BCUT2D eigenvalue weighted by Gasteiger charge is -2.15. The zero-order valence-corrected chi connectivity index (χ0v) is 32.9. The number of rotatable bonds is 9. The highest BCUT2D eigenvalue weighted by Crippen LogP contribution is 2.49. The first kappa shape index (κ1) is 35.4. The molecule has 0 atom stereocenters. The number of amides is 1. The number of ether oxygens (including phenoxy) is 2. The summed E-state index contributed by atoms with van der Waals surface area (Å²) in [5, 5.41) is 2.97. The molecule has 256 valence electrons. The van der Waals surface area contributed by atoms with Crippen molar-refractivity contribution in [3.05, 3.63) is 63.8 Å². The maximum absolute atomic E-state index is 12.7. The lowest BCUT2D eigenvalue weighted by Crippen LogP contribution is -2.13. The van der Waals surface area contributed by atoms with Crippen LogP contribution in [0.25, 0.3) is 51.4 Å². The van der Waals surface area contributed by atoms with Crippen molar-refractivity contribution in [2.24, 2.45) is 0 Å². The number of nitrogens with one attached hydrogen (secondary N) is 1. The predicted octanol–water partition coefficient (Wildman–Crippen LogP) is 11.9. The molecule has 0 bridgehead atoms. The van der Waals surface area contributed by atoms with Crippen LogP contribution in [0.3, 0.4) is 0 Å². The van der Waals surface area contributed by atoms with E-state index in [9.17, 15) is 9.59 Å². The SMILES string of the molecule is CCOC(=O)Cc1cc(-c2ccc(-c3cc(NC(=O)OCC)c(-c4ccc(C(C)(C)C)s4)s3)c3nsnc23)sc1-c1ccc(C(C)(C)C)s1. The summed E-state index contributed by atoms with van der Waals surface area (Å²) in [4.78, 5) is 34.1. The molecule has 0 aliphatic heterocycles. The van der Waals surface area contributed by atoms with Crippen LogP contribution in [0.1, 0.15) is 70.7 Å².